The maximum absolute atomic E-state index is 13.7. The van der Waals surface area contributed by atoms with E-state index < -0.39 is 22.0 Å². The molecule has 2 amide bonds. The van der Waals surface area contributed by atoms with E-state index in [9.17, 15) is 18.0 Å². The Morgan fingerprint density at radius 1 is 1.06 bits per heavy atom. The predicted molar refractivity (Wildman–Crippen MR) is 137 cm³/mol. The van der Waals surface area contributed by atoms with Gasteiger partial charge in [0.05, 0.1) is 11.4 Å². The second-order valence-electron chi connectivity index (χ2n) is 8.72. The molecule has 0 bridgehead atoms. The second kappa shape index (κ2) is 9.83. The van der Waals surface area contributed by atoms with Crippen molar-refractivity contribution in [3.63, 3.8) is 0 Å². The van der Waals surface area contributed by atoms with E-state index in [-0.39, 0.29) is 29.8 Å². The van der Waals surface area contributed by atoms with Crippen molar-refractivity contribution in [3.05, 3.63) is 89.1 Å². The lowest BCUT2D eigenvalue weighted by atomic mass is 10.00. The van der Waals surface area contributed by atoms with Crippen LogP contribution in [0.1, 0.15) is 30.4 Å². The summed E-state index contributed by atoms with van der Waals surface area (Å²) in [5.74, 6) is -0.824. The number of hydrogen-bond acceptors (Lipinski definition) is 6. The first-order valence-corrected chi connectivity index (χ1v) is 13.4. The Kier molecular flexibility index (Phi) is 6.59. The number of amides is 2. The van der Waals surface area contributed by atoms with Gasteiger partial charge in [-0.2, -0.15) is 8.42 Å². The fourth-order valence-electron chi connectivity index (χ4n) is 4.22. The van der Waals surface area contributed by atoms with Gasteiger partial charge in [0.25, 0.3) is 15.9 Å². The molecule has 5 rings (SSSR count). The summed E-state index contributed by atoms with van der Waals surface area (Å²) in [6, 6.07) is 18.6. The number of aromatic nitrogens is 1. The largest absolute Gasteiger partial charge is 0.309 e. The molecule has 2 aliphatic rings. The lowest BCUT2D eigenvalue weighted by Crippen LogP contribution is -2.41. The minimum absolute atomic E-state index is 0.0160. The van der Waals surface area contributed by atoms with Gasteiger partial charge in [0, 0.05) is 35.3 Å². The fourth-order valence-corrected chi connectivity index (χ4v) is 5.36. The Bertz CT molecular complexity index is 1440. The Morgan fingerprint density at radius 2 is 1.81 bits per heavy atom. The van der Waals surface area contributed by atoms with Crippen molar-refractivity contribution >= 4 is 44.8 Å². The van der Waals surface area contributed by atoms with Crippen molar-refractivity contribution in [3.8, 4) is 0 Å². The summed E-state index contributed by atoms with van der Waals surface area (Å²) in [6.07, 6.45) is 2.91. The molecule has 184 valence electrons. The van der Waals surface area contributed by atoms with Crippen LogP contribution in [0.5, 0.6) is 0 Å². The van der Waals surface area contributed by atoms with Gasteiger partial charge in [-0.25, -0.2) is 9.71 Å². The molecule has 1 aromatic heterocycles. The quantitative estimate of drug-likeness (QED) is 0.510. The number of benzene rings is 2. The first kappa shape index (κ1) is 24.1. The average molecular weight is 523 g/mol. The maximum atomic E-state index is 13.7. The number of rotatable bonds is 7. The van der Waals surface area contributed by atoms with Gasteiger partial charge in [-0.3, -0.25) is 14.6 Å². The molecule has 8 nitrogen and oxygen atoms in total. The predicted octanol–water partition coefficient (Wildman–Crippen LogP) is 3.59. The van der Waals surface area contributed by atoms with Gasteiger partial charge in [0.2, 0.25) is 5.91 Å². The Balaban J connectivity index is 1.45. The number of nitrogens with zero attached hydrogens (tertiary/aromatic N) is 3. The zero-order valence-corrected chi connectivity index (χ0v) is 20.7. The van der Waals surface area contributed by atoms with Crippen molar-refractivity contribution in [2.45, 2.75) is 30.3 Å². The summed E-state index contributed by atoms with van der Waals surface area (Å²) >= 11 is 6.34. The molecule has 1 saturated carbocycles. The third-order valence-electron chi connectivity index (χ3n) is 6.13. The number of halogens is 1. The van der Waals surface area contributed by atoms with Crippen LogP contribution in [-0.4, -0.2) is 43.5 Å². The van der Waals surface area contributed by atoms with Crippen LogP contribution < -0.4 is 9.62 Å². The maximum Gasteiger partial charge on any atom is 0.281 e. The van der Waals surface area contributed by atoms with Gasteiger partial charge in [-0.1, -0.05) is 48.0 Å². The van der Waals surface area contributed by atoms with Crippen LogP contribution in [0.25, 0.3) is 0 Å². The number of nitrogens with one attached hydrogen (secondary N) is 1. The molecule has 3 aromatic rings. The van der Waals surface area contributed by atoms with Gasteiger partial charge in [0.15, 0.2) is 5.03 Å². The van der Waals surface area contributed by atoms with Crippen LogP contribution in [0, 0.1) is 5.92 Å². The van der Waals surface area contributed by atoms with Gasteiger partial charge < -0.3 is 4.90 Å². The lowest BCUT2D eigenvalue weighted by Gasteiger charge is -2.25. The highest BCUT2D eigenvalue weighted by atomic mass is 35.5. The molecule has 1 aliphatic carbocycles. The molecule has 2 aromatic carbocycles. The van der Waals surface area contributed by atoms with Crippen LogP contribution in [0.15, 0.2) is 82.9 Å². The Morgan fingerprint density at radius 3 is 2.50 bits per heavy atom. The average Bonchev–Trinajstić information content (AvgIpc) is 3.72. The molecule has 0 unspecified atom stereocenters. The van der Waals surface area contributed by atoms with E-state index in [2.05, 4.69) is 4.98 Å². The summed E-state index contributed by atoms with van der Waals surface area (Å²) in [4.78, 5) is 36.6. The molecule has 0 spiro atoms. The number of aliphatic imine (C=N–C) groups is 1. The standard InChI is InChI=1S/C26H23ClN4O4S/c27-19-11-12-21-20(16-19)24(17-6-2-1-3-7-17)29-25(18-9-10-18)26(33)31(21)15-13-22(32)30-36(34,35)23-8-4-5-14-28-23/h1-8,11-12,14,16,18,25H,9-10,13,15H2,(H,30,32)/t25-/m0/s1. The molecule has 1 fully saturated rings. The summed E-state index contributed by atoms with van der Waals surface area (Å²) in [5, 5.41) is 0.243. The number of carbonyl (C=O) groups excluding carboxylic acids is 2. The normalized spacial score (nSPS) is 17.7. The summed E-state index contributed by atoms with van der Waals surface area (Å²) in [7, 11) is -4.11. The van der Waals surface area contributed by atoms with E-state index in [0.29, 0.717) is 22.0 Å². The smallest absolute Gasteiger partial charge is 0.281 e. The highest BCUT2D eigenvalue weighted by Gasteiger charge is 2.41. The third kappa shape index (κ3) is 5.03. The Labute approximate surface area is 214 Å². The van der Waals surface area contributed by atoms with Crippen LogP contribution >= 0.6 is 11.6 Å². The molecule has 10 heteroatoms. The monoisotopic (exact) mass is 522 g/mol. The molecule has 1 atom stereocenters. The van der Waals surface area contributed by atoms with Crippen LogP contribution in [0.4, 0.5) is 5.69 Å². The van der Waals surface area contributed by atoms with E-state index >= 15 is 0 Å². The van der Waals surface area contributed by atoms with Crippen LogP contribution in [0.2, 0.25) is 5.02 Å². The van der Waals surface area contributed by atoms with Crippen molar-refractivity contribution < 1.29 is 18.0 Å². The molecular formula is C26H23ClN4O4S. The molecule has 36 heavy (non-hydrogen) atoms. The van der Waals surface area contributed by atoms with E-state index in [0.717, 1.165) is 18.4 Å². The lowest BCUT2D eigenvalue weighted by molar-refractivity contribution is -0.120. The first-order valence-electron chi connectivity index (χ1n) is 11.5. The van der Waals surface area contributed by atoms with Crippen LogP contribution in [0.3, 0.4) is 0 Å². The van der Waals surface area contributed by atoms with E-state index in [1.165, 1.54) is 23.2 Å². The van der Waals surface area contributed by atoms with E-state index in [1.54, 1.807) is 24.3 Å². The zero-order chi connectivity index (χ0) is 25.3. The minimum Gasteiger partial charge on any atom is -0.309 e. The number of pyridine rings is 1. The molecule has 1 N–H and O–H groups in total. The van der Waals surface area contributed by atoms with Gasteiger partial charge >= 0.3 is 0 Å². The third-order valence-corrected chi connectivity index (χ3v) is 7.65. The van der Waals surface area contributed by atoms with Crippen LogP contribution in [-0.2, 0) is 19.6 Å². The first-order chi connectivity index (χ1) is 17.3. The Hall–Kier alpha value is -3.56. The van der Waals surface area contributed by atoms with Gasteiger partial charge in [-0.05, 0) is 49.1 Å². The highest BCUT2D eigenvalue weighted by Crippen LogP contribution is 2.39. The summed E-state index contributed by atoms with van der Waals surface area (Å²) < 4.78 is 27.0. The van der Waals surface area contributed by atoms with E-state index in [1.807, 2.05) is 35.1 Å². The minimum atomic E-state index is -4.11. The number of benzodiazepines with no additional fused rings is 1. The summed E-state index contributed by atoms with van der Waals surface area (Å²) in [6.45, 7) is -0.0160. The van der Waals surface area contributed by atoms with E-state index in [4.69, 9.17) is 16.6 Å². The van der Waals surface area contributed by atoms with Crippen molar-refractivity contribution in [1.29, 1.82) is 0 Å². The fraction of sp³-hybridized carbons (Fsp3) is 0.231. The number of fused-ring (bicyclic) bond motifs is 1. The highest BCUT2D eigenvalue weighted by molar-refractivity contribution is 7.90. The molecule has 1 aliphatic heterocycles. The number of hydrogen-bond donors (Lipinski definition) is 1. The van der Waals surface area contributed by atoms with Gasteiger partial charge in [-0.15, -0.1) is 0 Å². The zero-order valence-electron chi connectivity index (χ0n) is 19.2. The molecule has 0 saturated heterocycles. The van der Waals surface area contributed by atoms with Crippen molar-refractivity contribution in [2.75, 3.05) is 11.4 Å². The van der Waals surface area contributed by atoms with Gasteiger partial charge in [0.1, 0.15) is 6.04 Å². The number of anilines is 1. The summed E-state index contributed by atoms with van der Waals surface area (Å²) in [5.41, 5.74) is 2.80. The number of carbonyl (C=O) groups is 2. The topological polar surface area (TPSA) is 109 Å². The van der Waals surface area contributed by atoms with Crippen molar-refractivity contribution in [1.82, 2.24) is 9.71 Å². The second-order valence-corrected chi connectivity index (χ2v) is 10.8. The molecule has 2 heterocycles. The number of sulfonamides is 1. The SMILES string of the molecule is O=C(CCN1C(=O)[C@H](C2CC2)N=C(c2ccccc2)c2cc(Cl)ccc21)NS(=O)(=O)c1ccccn1. The van der Waals surface area contributed by atoms with Crippen molar-refractivity contribution in [2.24, 2.45) is 10.9 Å². The molecular weight excluding hydrogens is 500 g/mol. The molecule has 0 radical (unpaired) electrons.